The zero-order valence-corrected chi connectivity index (χ0v) is 28.5. The monoisotopic (exact) mass is 691 g/mol. The predicted octanol–water partition coefficient (Wildman–Crippen LogP) is 6.36. The third-order valence-corrected chi connectivity index (χ3v) is 10.6. The second-order valence-electron chi connectivity index (χ2n) is 13.2. The van der Waals surface area contributed by atoms with Crippen molar-refractivity contribution in [1.82, 2.24) is 10.2 Å². The fourth-order valence-electron chi connectivity index (χ4n) is 7.16. The fraction of sp³-hybridized carbons (Fsp3) is 0.417. The van der Waals surface area contributed by atoms with E-state index in [1.54, 1.807) is 11.0 Å². The van der Waals surface area contributed by atoms with Crippen molar-refractivity contribution in [1.29, 1.82) is 0 Å². The number of hydrogen-bond donors (Lipinski definition) is 2. The Balaban J connectivity index is 1.37. The molecular formula is C36H42FN5O6S. The van der Waals surface area contributed by atoms with Crippen molar-refractivity contribution in [3.8, 4) is 16.9 Å². The van der Waals surface area contributed by atoms with Gasteiger partial charge < -0.3 is 14.7 Å². The molecule has 2 saturated heterocycles. The van der Waals surface area contributed by atoms with E-state index in [4.69, 9.17) is 15.5 Å². The molecule has 3 aromatic rings. The SMILES string of the molecule is CC(C)Oc1cccc(CN2CCC3(CC2)C(=NC2CCCCC2)NC(=O)N3c2cc(F)ccc2-c2cccc(S(=O)(=O)OC(N)=O)c2)c1. The first-order valence-corrected chi connectivity index (χ1v) is 18.2. The zero-order chi connectivity index (χ0) is 34.8. The van der Waals surface area contributed by atoms with Crippen LogP contribution in [0.5, 0.6) is 5.75 Å². The summed E-state index contributed by atoms with van der Waals surface area (Å²) >= 11 is 0. The van der Waals surface area contributed by atoms with Crippen LogP contribution in [0.15, 0.2) is 76.6 Å². The maximum Gasteiger partial charge on any atom is 0.420 e. The van der Waals surface area contributed by atoms with E-state index in [1.807, 2.05) is 26.0 Å². The highest BCUT2D eigenvalue weighted by Gasteiger charge is 2.53. The molecule has 1 saturated carbocycles. The van der Waals surface area contributed by atoms with E-state index in [9.17, 15) is 18.0 Å². The summed E-state index contributed by atoms with van der Waals surface area (Å²) in [5, 5.41) is 3.07. The van der Waals surface area contributed by atoms with Gasteiger partial charge in [-0.25, -0.2) is 14.0 Å². The van der Waals surface area contributed by atoms with Crippen LogP contribution < -0.4 is 20.7 Å². The molecule has 0 unspecified atom stereocenters. The fourth-order valence-corrected chi connectivity index (χ4v) is 7.99. The first kappa shape index (κ1) is 34.4. The molecule has 0 aromatic heterocycles. The standard InChI is InChI=1S/C36H42FN5O6S/c1-24(2)47-29-12-6-8-25(20-29)23-41-18-16-36(17-19-41)33(39-28-10-4-3-5-11-28)40-35(44)42(36)32-22-27(37)14-15-31(32)26-9-7-13-30(21-26)49(45,46)48-34(38)43/h6-9,12-15,20-22,24,28H,3-5,10-11,16-19,23H2,1-2H3,(H2,38,43)(H,39,40,44). The number of carbonyl (C=O) groups excluding carboxylic acids is 2. The number of carbonyl (C=O) groups is 2. The van der Waals surface area contributed by atoms with E-state index in [2.05, 4.69) is 26.5 Å². The summed E-state index contributed by atoms with van der Waals surface area (Å²) in [6, 6.07) is 17.5. The number of anilines is 1. The van der Waals surface area contributed by atoms with Crippen molar-refractivity contribution in [3.05, 3.63) is 78.1 Å². The van der Waals surface area contributed by atoms with Gasteiger partial charge in [0.05, 0.1) is 17.8 Å². The molecule has 3 N–H and O–H groups in total. The Morgan fingerprint density at radius 2 is 1.78 bits per heavy atom. The highest BCUT2D eigenvalue weighted by molar-refractivity contribution is 7.87. The highest BCUT2D eigenvalue weighted by atomic mass is 32.2. The van der Waals surface area contributed by atoms with Crippen molar-refractivity contribution in [3.63, 3.8) is 0 Å². The van der Waals surface area contributed by atoms with E-state index >= 15 is 4.39 Å². The minimum absolute atomic E-state index is 0.0634. The summed E-state index contributed by atoms with van der Waals surface area (Å²) in [6.07, 6.45) is 4.87. The number of urea groups is 1. The number of piperidine rings is 1. The van der Waals surface area contributed by atoms with Crippen LogP contribution in [0.25, 0.3) is 11.1 Å². The number of aliphatic imine (C=N–C) groups is 1. The minimum atomic E-state index is -4.51. The molecule has 3 fully saturated rings. The number of ether oxygens (including phenoxy) is 1. The molecule has 0 radical (unpaired) electrons. The number of likely N-dealkylation sites (tertiary alicyclic amines) is 1. The summed E-state index contributed by atoms with van der Waals surface area (Å²) in [5.74, 6) is 0.857. The molecule has 13 heteroatoms. The van der Waals surface area contributed by atoms with Crippen LogP contribution in [0.1, 0.15) is 64.4 Å². The van der Waals surface area contributed by atoms with E-state index in [-0.39, 0.29) is 22.7 Å². The van der Waals surface area contributed by atoms with Crippen LogP contribution in [0.2, 0.25) is 0 Å². The molecule has 2 heterocycles. The van der Waals surface area contributed by atoms with Gasteiger partial charge in [-0.15, -0.1) is 0 Å². The second kappa shape index (κ2) is 14.2. The number of hydrogen-bond acceptors (Lipinski definition) is 8. The van der Waals surface area contributed by atoms with Gasteiger partial charge >= 0.3 is 22.2 Å². The molecule has 49 heavy (non-hydrogen) atoms. The van der Waals surface area contributed by atoms with Crippen molar-refractivity contribution >= 4 is 33.8 Å². The summed E-state index contributed by atoms with van der Waals surface area (Å²) in [6.45, 7) is 5.97. The Hall–Kier alpha value is -4.49. The van der Waals surface area contributed by atoms with Gasteiger partial charge in [0, 0.05) is 25.2 Å². The number of rotatable bonds is 9. The number of benzene rings is 3. The van der Waals surface area contributed by atoms with Crippen LogP contribution in [-0.2, 0) is 20.8 Å². The molecular weight excluding hydrogens is 649 g/mol. The largest absolute Gasteiger partial charge is 0.491 e. The third-order valence-electron chi connectivity index (χ3n) is 9.37. The van der Waals surface area contributed by atoms with Crippen LogP contribution in [0.3, 0.4) is 0 Å². The van der Waals surface area contributed by atoms with Gasteiger partial charge in [-0.05, 0) is 93.1 Å². The summed E-state index contributed by atoms with van der Waals surface area (Å²) in [4.78, 5) is 34.1. The molecule has 3 amide bonds. The normalized spacial score (nSPS) is 19.4. The van der Waals surface area contributed by atoms with E-state index in [1.165, 1.54) is 36.4 Å². The third kappa shape index (κ3) is 7.57. The molecule has 1 aliphatic carbocycles. The van der Waals surface area contributed by atoms with Gasteiger partial charge in [-0.2, -0.15) is 8.42 Å². The van der Waals surface area contributed by atoms with Crippen LogP contribution in [0.4, 0.5) is 19.7 Å². The zero-order valence-electron chi connectivity index (χ0n) is 27.7. The number of halogens is 1. The van der Waals surface area contributed by atoms with E-state index in [0.29, 0.717) is 49.4 Å². The summed E-state index contributed by atoms with van der Waals surface area (Å²) in [7, 11) is -4.51. The quantitative estimate of drug-likeness (QED) is 0.249. The van der Waals surface area contributed by atoms with Crippen molar-refractivity contribution in [2.75, 3.05) is 18.0 Å². The lowest BCUT2D eigenvalue weighted by atomic mass is 9.84. The number of amidine groups is 1. The van der Waals surface area contributed by atoms with Gasteiger partial charge in [0.15, 0.2) is 0 Å². The lowest BCUT2D eigenvalue weighted by Gasteiger charge is -2.44. The Labute approximate surface area is 286 Å². The lowest BCUT2D eigenvalue weighted by Crippen LogP contribution is -2.57. The molecule has 3 aliphatic rings. The number of nitrogens with two attached hydrogens (primary N) is 1. The number of primary amides is 1. The second-order valence-corrected chi connectivity index (χ2v) is 14.7. The molecule has 260 valence electrons. The Morgan fingerprint density at radius 3 is 2.49 bits per heavy atom. The van der Waals surface area contributed by atoms with Gasteiger partial charge in [0.1, 0.15) is 27.8 Å². The molecule has 1 spiro atoms. The van der Waals surface area contributed by atoms with Crippen molar-refractivity contribution in [2.45, 2.75) is 87.9 Å². The van der Waals surface area contributed by atoms with E-state index in [0.717, 1.165) is 43.4 Å². The van der Waals surface area contributed by atoms with E-state index < -0.39 is 33.6 Å². The number of amides is 3. The van der Waals surface area contributed by atoms with Crippen LogP contribution in [0, 0.1) is 5.82 Å². The van der Waals surface area contributed by atoms with Crippen molar-refractivity contribution in [2.24, 2.45) is 10.7 Å². The van der Waals surface area contributed by atoms with Crippen LogP contribution in [-0.4, -0.2) is 62.1 Å². The molecule has 2 aliphatic heterocycles. The van der Waals surface area contributed by atoms with Gasteiger partial charge in [0.2, 0.25) is 0 Å². The molecule has 3 aromatic carbocycles. The smallest absolute Gasteiger partial charge is 0.420 e. The summed E-state index contributed by atoms with van der Waals surface area (Å²) < 4.78 is 50.8. The highest BCUT2D eigenvalue weighted by Crippen LogP contribution is 2.43. The van der Waals surface area contributed by atoms with Crippen molar-refractivity contribution < 1.29 is 31.3 Å². The van der Waals surface area contributed by atoms with Crippen LogP contribution >= 0.6 is 0 Å². The minimum Gasteiger partial charge on any atom is -0.491 e. The Bertz CT molecular complexity index is 1850. The Morgan fingerprint density at radius 1 is 1.04 bits per heavy atom. The lowest BCUT2D eigenvalue weighted by molar-refractivity contribution is 0.183. The van der Waals surface area contributed by atoms with Gasteiger partial charge in [-0.3, -0.25) is 20.1 Å². The van der Waals surface area contributed by atoms with Gasteiger partial charge in [0.25, 0.3) is 0 Å². The van der Waals surface area contributed by atoms with Gasteiger partial charge in [-0.1, -0.05) is 43.5 Å². The predicted molar refractivity (Wildman–Crippen MR) is 184 cm³/mol. The summed E-state index contributed by atoms with van der Waals surface area (Å²) in [5.41, 5.74) is 6.31. The molecule has 0 atom stereocenters. The Kier molecular flexibility index (Phi) is 9.94. The molecule has 11 nitrogen and oxygen atoms in total. The maximum atomic E-state index is 15.1. The maximum absolute atomic E-state index is 15.1. The first-order chi connectivity index (χ1) is 23.4. The first-order valence-electron chi connectivity index (χ1n) is 16.7. The molecule has 0 bridgehead atoms. The average molecular weight is 692 g/mol. The topological polar surface area (TPSA) is 144 Å². The number of nitrogens with one attached hydrogen (secondary N) is 1. The molecule has 6 rings (SSSR count). The average Bonchev–Trinajstić information content (AvgIpc) is 3.31. The number of nitrogens with zero attached hydrogens (tertiary/aromatic N) is 3.